The number of thiol groups is 1. The van der Waals surface area contributed by atoms with Crippen molar-refractivity contribution in [2.75, 3.05) is 7.11 Å². The van der Waals surface area contributed by atoms with Crippen molar-refractivity contribution < 1.29 is 22.7 Å². The molecule has 6 heteroatoms. The van der Waals surface area contributed by atoms with Crippen LogP contribution in [0.4, 0.5) is 13.2 Å². The molecule has 0 spiro atoms. The van der Waals surface area contributed by atoms with Crippen molar-refractivity contribution in [3.8, 4) is 11.1 Å². The normalized spacial score (nSPS) is 11.3. The van der Waals surface area contributed by atoms with Crippen LogP contribution in [-0.2, 0) is 10.9 Å². The standard InChI is InChI=1S/C15H11F3O2S/c1-20-14(19)13-11(3-2-4-12(13)21)9-5-7-10(8-6-9)15(16,17)18/h2-8,21H,1H3. The second-order valence-corrected chi connectivity index (χ2v) is 4.75. The Balaban J connectivity index is 2.52. The predicted octanol–water partition coefficient (Wildman–Crippen LogP) is 4.45. The van der Waals surface area contributed by atoms with E-state index in [4.69, 9.17) is 0 Å². The zero-order chi connectivity index (χ0) is 15.6. The number of carbonyl (C=O) groups excluding carboxylic acids is 1. The van der Waals surface area contributed by atoms with E-state index in [1.165, 1.54) is 19.2 Å². The molecule has 21 heavy (non-hydrogen) atoms. The average molecular weight is 312 g/mol. The topological polar surface area (TPSA) is 26.3 Å². The van der Waals surface area contributed by atoms with E-state index >= 15 is 0 Å². The lowest BCUT2D eigenvalue weighted by molar-refractivity contribution is -0.137. The first-order valence-electron chi connectivity index (χ1n) is 5.92. The van der Waals surface area contributed by atoms with Crippen molar-refractivity contribution in [3.05, 3.63) is 53.6 Å². The molecule has 2 aromatic rings. The Kier molecular flexibility index (Phi) is 4.27. The van der Waals surface area contributed by atoms with Gasteiger partial charge in [-0.2, -0.15) is 13.2 Å². The van der Waals surface area contributed by atoms with Crippen molar-refractivity contribution in [2.45, 2.75) is 11.1 Å². The van der Waals surface area contributed by atoms with Crippen molar-refractivity contribution >= 4 is 18.6 Å². The predicted molar refractivity (Wildman–Crippen MR) is 75.5 cm³/mol. The molecule has 2 nitrogen and oxygen atoms in total. The van der Waals surface area contributed by atoms with Crippen LogP contribution in [-0.4, -0.2) is 13.1 Å². The minimum absolute atomic E-state index is 0.225. The Morgan fingerprint density at radius 2 is 1.71 bits per heavy atom. The third-order valence-electron chi connectivity index (χ3n) is 2.96. The van der Waals surface area contributed by atoms with E-state index < -0.39 is 17.7 Å². The Bertz CT molecular complexity index is 664. The summed E-state index contributed by atoms with van der Waals surface area (Å²) in [6, 6.07) is 9.50. The van der Waals surface area contributed by atoms with Gasteiger partial charge in [0.25, 0.3) is 0 Å². The van der Waals surface area contributed by atoms with Crippen molar-refractivity contribution in [3.63, 3.8) is 0 Å². The van der Waals surface area contributed by atoms with Gasteiger partial charge < -0.3 is 4.74 Å². The summed E-state index contributed by atoms with van der Waals surface area (Å²) < 4.78 is 42.4. The molecule has 0 heterocycles. The van der Waals surface area contributed by atoms with Crippen molar-refractivity contribution in [1.82, 2.24) is 0 Å². The lowest BCUT2D eigenvalue weighted by Gasteiger charge is -2.12. The summed E-state index contributed by atoms with van der Waals surface area (Å²) in [5.41, 5.74) is 0.443. The number of alkyl halides is 3. The number of halogens is 3. The van der Waals surface area contributed by atoms with Crippen LogP contribution < -0.4 is 0 Å². The Hall–Kier alpha value is -1.95. The van der Waals surface area contributed by atoms with E-state index in [2.05, 4.69) is 17.4 Å². The number of ether oxygens (including phenoxy) is 1. The number of esters is 1. The number of methoxy groups -OCH3 is 1. The van der Waals surface area contributed by atoms with E-state index in [1.54, 1.807) is 18.2 Å². The van der Waals surface area contributed by atoms with Gasteiger partial charge in [0, 0.05) is 4.90 Å². The van der Waals surface area contributed by atoms with Gasteiger partial charge in [0.2, 0.25) is 0 Å². The van der Waals surface area contributed by atoms with Crippen LogP contribution in [0.1, 0.15) is 15.9 Å². The van der Waals surface area contributed by atoms with Gasteiger partial charge in [0.15, 0.2) is 0 Å². The largest absolute Gasteiger partial charge is 0.465 e. The molecule has 0 aliphatic rings. The highest BCUT2D eigenvalue weighted by Crippen LogP contribution is 2.33. The van der Waals surface area contributed by atoms with Crippen LogP contribution in [0, 0.1) is 0 Å². The van der Waals surface area contributed by atoms with Crippen molar-refractivity contribution in [2.24, 2.45) is 0 Å². The lowest BCUT2D eigenvalue weighted by atomic mass is 9.98. The average Bonchev–Trinajstić information content (AvgIpc) is 2.45. The summed E-state index contributed by atoms with van der Waals surface area (Å²) in [5, 5.41) is 0. The Morgan fingerprint density at radius 1 is 1.10 bits per heavy atom. The molecule has 0 aliphatic carbocycles. The molecule has 2 aromatic carbocycles. The zero-order valence-corrected chi connectivity index (χ0v) is 11.8. The maximum absolute atomic E-state index is 12.6. The molecule has 2 rings (SSSR count). The molecule has 0 aromatic heterocycles. The summed E-state index contributed by atoms with van der Waals surface area (Å²) in [4.78, 5) is 12.2. The monoisotopic (exact) mass is 312 g/mol. The highest BCUT2D eigenvalue weighted by Gasteiger charge is 2.30. The molecular formula is C15H11F3O2S. The van der Waals surface area contributed by atoms with E-state index in [0.29, 0.717) is 16.0 Å². The third kappa shape index (κ3) is 3.21. The van der Waals surface area contributed by atoms with Gasteiger partial charge >= 0.3 is 12.1 Å². The highest BCUT2D eigenvalue weighted by molar-refractivity contribution is 7.80. The second-order valence-electron chi connectivity index (χ2n) is 4.27. The summed E-state index contributed by atoms with van der Waals surface area (Å²) in [5.74, 6) is -0.588. The number of hydrogen-bond acceptors (Lipinski definition) is 3. The van der Waals surface area contributed by atoms with Gasteiger partial charge in [-0.05, 0) is 29.3 Å². The third-order valence-corrected chi connectivity index (χ3v) is 3.33. The molecule has 0 atom stereocenters. The fourth-order valence-electron chi connectivity index (χ4n) is 1.94. The fourth-order valence-corrected chi connectivity index (χ4v) is 2.23. The van der Waals surface area contributed by atoms with E-state index in [9.17, 15) is 18.0 Å². The van der Waals surface area contributed by atoms with Crippen LogP contribution in [0.3, 0.4) is 0 Å². The molecule has 0 amide bonds. The minimum atomic E-state index is -4.39. The first kappa shape index (κ1) is 15.4. The lowest BCUT2D eigenvalue weighted by Crippen LogP contribution is -2.06. The van der Waals surface area contributed by atoms with Crippen molar-refractivity contribution in [1.29, 1.82) is 0 Å². The van der Waals surface area contributed by atoms with E-state index in [1.807, 2.05) is 0 Å². The molecule has 0 N–H and O–H groups in total. The smallest absolute Gasteiger partial charge is 0.416 e. The number of carbonyl (C=O) groups is 1. The molecule has 0 fully saturated rings. The molecule has 0 unspecified atom stereocenters. The van der Waals surface area contributed by atoms with E-state index in [-0.39, 0.29) is 5.56 Å². The maximum Gasteiger partial charge on any atom is 0.416 e. The van der Waals surface area contributed by atoms with Crippen LogP contribution in [0.5, 0.6) is 0 Å². The summed E-state index contributed by atoms with van der Waals surface area (Å²) in [6.45, 7) is 0. The molecule has 0 saturated carbocycles. The van der Waals surface area contributed by atoms with Gasteiger partial charge in [0.05, 0.1) is 18.2 Å². The first-order chi connectivity index (χ1) is 9.84. The number of hydrogen-bond donors (Lipinski definition) is 1. The van der Waals surface area contributed by atoms with Crippen LogP contribution in [0.15, 0.2) is 47.4 Å². The number of benzene rings is 2. The molecular weight excluding hydrogens is 301 g/mol. The minimum Gasteiger partial charge on any atom is -0.465 e. The van der Waals surface area contributed by atoms with Gasteiger partial charge in [-0.1, -0.05) is 24.3 Å². The van der Waals surface area contributed by atoms with E-state index in [0.717, 1.165) is 12.1 Å². The van der Waals surface area contributed by atoms with Gasteiger partial charge in [0.1, 0.15) is 0 Å². The Morgan fingerprint density at radius 3 is 2.24 bits per heavy atom. The van der Waals surface area contributed by atoms with Gasteiger partial charge in [-0.25, -0.2) is 4.79 Å². The SMILES string of the molecule is COC(=O)c1c(S)cccc1-c1ccc(C(F)(F)F)cc1. The molecule has 0 saturated heterocycles. The van der Waals surface area contributed by atoms with Gasteiger partial charge in [-0.3, -0.25) is 0 Å². The molecule has 0 aliphatic heterocycles. The molecule has 110 valence electrons. The number of rotatable bonds is 2. The van der Waals surface area contributed by atoms with Crippen LogP contribution in [0.2, 0.25) is 0 Å². The van der Waals surface area contributed by atoms with Crippen LogP contribution in [0.25, 0.3) is 11.1 Å². The highest BCUT2D eigenvalue weighted by atomic mass is 32.1. The fraction of sp³-hybridized carbons (Fsp3) is 0.133. The quantitative estimate of drug-likeness (QED) is 0.655. The van der Waals surface area contributed by atoms with Crippen LogP contribution >= 0.6 is 12.6 Å². The second kappa shape index (κ2) is 5.81. The molecule has 0 bridgehead atoms. The van der Waals surface area contributed by atoms with Gasteiger partial charge in [-0.15, -0.1) is 12.6 Å². The first-order valence-corrected chi connectivity index (χ1v) is 6.37. The maximum atomic E-state index is 12.6. The summed E-state index contributed by atoms with van der Waals surface area (Å²) in [6.07, 6.45) is -4.39. The summed E-state index contributed by atoms with van der Waals surface area (Å²) >= 11 is 4.20. The Labute approximate surface area is 125 Å². The molecule has 0 radical (unpaired) electrons. The summed E-state index contributed by atoms with van der Waals surface area (Å²) in [7, 11) is 1.24. The zero-order valence-electron chi connectivity index (χ0n) is 10.9.